The first kappa shape index (κ1) is 16.5. The van der Waals surface area contributed by atoms with E-state index >= 15 is 0 Å². The van der Waals surface area contributed by atoms with Gasteiger partial charge in [0.25, 0.3) is 5.91 Å². The molecule has 3 nitrogen and oxygen atoms in total. The van der Waals surface area contributed by atoms with Crippen LogP contribution in [-0.2, 0) is 11.3 Å². The number of halogens is 1. The average molecular weight is 318 g/mol. The standard InChI is InChI=1S/C18H21ClN2O/c1-3-14(4-2)15-8-10-21(11-9-15)13-18(22)20-17-7-5-6-16(19)12-17/h5-12,14H,3-4,13H2,1-2H3/p+1. The molecule has 0 atom stereocenters. The number of carbonyl (C=O) groups excluding carboxylic acids is 1. The molecule has 0 radical (unpaired) electrons. The molecule has 1 aromatic heterocycles. The summed E-state index contributed by atoms with van der Waals surface area (Å²) in [7, 11) is 0. The summed E-state index contributed by atoms with van der Waals surface area (Å²) in [5, 5.41) is 3.46. The summed E-state index contributed by atoms with van der Waals surface area (Å²) in [6.45, 7) is 4.69. The lowest BCUT2D eigenvalue weighted by Gasteiger charge is -2.11. The summed E-state index contributed by atoms with van der Waals surface area (Å²) in [4.78, 5) is 12.0. The molecule has 1 N–H and O–H groups in total. The summed E-state index contributed by atoms with van der Waals surface area (Å²) in [6.07, 6.45) is 6.20. The molecule has 0 aliphatic heterocycles. The number of nitrogens with zero attached hydrogens (tertiary/aromatic N) is 1. The molecule has 0 saturated heterocycles. The molecule has 1 heterocycles. The molecule has 1 amide bonds. The Labute approximate surface area is 136 Å². The van der Waals surface area contributed by atoms with Crippen LogP contribution in [0, 0.1) is 0 Å². The second kappa shape index (κ2) is 7.95. The van der Waals surface area contributed by atoms with E-state index in [9.17, 15) is 4.79 Å². The fourth-order valence-corrected chi connectivity index (χ4v) is 2.73. The first-order valence-electron chi connectivity index (χ1n) is 7.66. The third-order valence-corrected chi connectivity index (χ3v) is 4.04. The molecule has 22 heavy (non-hydrogen) atoms. The van der Waals surface area contributed by atoms with Crippen LogP contribution >= 0.6 is 11.6 Å². The SMILES string of the molecule is CCC(CC)c1cc[n+](CC(=O)Nc2cccc(Cl)c2)cc1. The van der Waals surface area contributed by atoms with Gasteiger partial charge in [0.05, 0.1) is 0 Å². The molecule has 0 fully saturated rings. The van der Waals surface area contributed by atoms with Gasteiger partial charge in [-0.05, 0) is 42.5 Å². The molecule has 1 aromatic carbocycles. The highest BCUT2D eigenvalue weighted by Gasteiger charge is 2.12. The van der Waals surface area contributed by atoms with Crippen LogP contribution < -0.4 is 9.88 Å². The Morgan fingerprint density at radius 1 is 1.18 bits per heavy atom. The van der Waals surface area contributed by atoms with E-state index < -0.39 is 0 Å². The number of rotatable bonds is 6. The molecule has 2 aromatic rings. The van der Waals surface area contributed by atoms with Crippen molar-refractivity contribution in [3.05, 3.63) is 59.4 Å². The summed E-state index contributed by atoms with van der Waals surface area (Å²) in [6, 6.07) is 11.4. The number of benzene rings is 1. The van der Waals surface area contributed by atoms with E-state index in [2.05, 4.69) is 31.3 Å². The highest BCUT2D eigenvalue weighted by molar-refractivity contribution is 6.30. The maximum atomic E-state index is 12.0. The van der Waals surface area contributed by atoms with Crippen LogP contribution in [-0.4, -0.2) is 5.91 Å². The molecule has 0 aliphatic carbocycles. The maximum absolute atomic E-state index is 12.0. The number of amides is 1. The minimum absolute atomic E-state index is 0.0671. The smallest absolute Gasteiger partial charge is 0.290 e. The van der Waals surface area contributed by atoms with Crippen LogP contribution in [0.15, 0.2) is 48.8 Å². The minimum Gasteiger partial charge on any atom is -0.321 e. The van der Waals surface area contributed by atoms with Crippen LogP contribution in [0.1, 0.15) is 38.2 Å². The first-order chi connectivity index (χ1) is 10.6. The predicted molar refractivity (Wildman–Crippen MR) is 90.0 cm³/mol. The van der Waals surface area contributed by atoms with E-state index in [0.717, 1.165) is 12.8 Å². The molecular weight excluding hydrogens is 296 g/mol. The highest BCUT2D eigenvalue weighted by Crippen LogP contribution is 2.21. The van der Waals surface area contributed by atoms with E-state index in [4.69, 9.17) is 11.6 Å². The van der Waals surface area contributed by atoms with Crippen LogP contribution in [0.4, 0.5) is 5.69 Å². The largest absolute Gasteiger partial charge is 0.321 e. The molecule has 116 valence electrons. The van der Waals surface area contributed by atoms with Gasteiger partial charge < -0.3 is 5.32 Å². The van der Waals surface area contributed by atoms with Crippen LogP contribution in [0.5, 0.6) is 0 Å². The number of anilines is 1. The summed E-state index contributed by atoms with van der Waals surface area (Å²) >= 11 is 5.91. The van der Waals surface area contributed by atoms with E-state index in [1.807, 2.05) is 29.1 Å². The Kier molecular flexibility index (Phi) is 5.96. The summed E-state index contributed by atoms with van der Waals surface area (Å²) in [5.74, 6) is 0.525. The predicted octanol–water partition coefficient (Wildman–Crippen LogP) is 4.17. The van der Waals surface area contributed by atoms with Crippen molar-refractivity contribution in [3.8, 4) is 0 Å². The number of aromatic nitrogens is 1. The number of nitrogens with one attached hydrogen (secondary N) is 1. The van der Waals surface area contributed by atoms with Gasteiger partial charge in [-0.25, -0.2) is 0 Å². The number of hydrogen-bond acceptors (Lipinski definition) is 1. The van der Waals surface area contributed by atoms with E-state index in [1.54, 1.807) is 12.1 Å². The van der Waals surface area contributed by atoms with Crippen LogP contribution in [0.25, 0.3) is 0 Å². The third kappa shape index (κ3) is 4.57. The Balaban J connectivity index is 1.97. The quantitative estimate of drug-likeness (QED) is 0.797. The minimum atomic E-state index is -0.0671. The monoisotopic (exact) mass is 317 g/mol. The van der Waals surface area contributed by atoms with Gasteiger partial charge in [-0.1, -0.05) is 31.5 Å². The average Bonchev–Trinajstić information content (AvgIpc) is 2.50. The molecule has 0 saturated carbocycles. The van der Waals surface area contributed by atoms with Gasteiger partial charge in [-0.2, -0.15) is 4.57 Å². The Hall–Kier alpha value is -1.87. The Morgan fingerprint density at radius 3 is 2.45 bits per heavy atom. The van der Waals surface area contributed by atoms with Crippen molar-refractivity contribution in [2.24, 2.45) is 0 Å². The molecule has 0 spiro atoms. The zero-order valence-corrected chi connectivity index (χ0v) is 13.8. The van der Waals surface area contributed by atoms with Gasteiger partial charge in [0.2, 0.25) is 6.54 Å². The summed E-state index contributed by atoms with van der Waals surface area (Å²) in [5.41, 5.74) is 2.04. The topological polar surface area (TPSA) is 33.0 Å². The third-order valence-electron chi connectivity index (χ3n) is 3.81. The van der Waals surface area contributed by atoms with Crippen molar-refractivity contribution in [1.29, 1.82) is 0 Å². The molecule has 0 aliphatic rings. The van der Waals surface area contributed by atoms with Crippen molar-refractivity contribution in [2.75, 3.05) is 5.32 Å². The van der Waals surface area contributed by atoms with Gasteiger partial charge in [-0.3, -0.25) is 4.79 Å². The van der Waals surface area contributed by atoms with Crippen molar-refractivity contribution in [3.63, 3.8) is 0 Å². The number of pyridine rings is 1. The van der Waals surface area contributed by atoms with Crippen molar-refractivity contribution < 1.29 is 9.36 Å². The normalized spacial score (nSPS) is 10.7. The lowest BCUT2D eigenvalue weighted by Crippen LogP contribution is -2.39. The molecular formula is C18H22ClN2O+. The highest BCUT2D eigenvalue weighted by atomic mass is 35.5. The first-order valence-corrected chi connectivity index (χ1v) is 8.04. The second-order valence-corrected chi connectivity index (χ2v) is 5.81. The molecule has 2 rings (SSSR count). The van der Waals surface area contributed by atoms with Gasteiger partial charge in [0, 0.05) is 22.8 Å². The Bertz CT molecular complexity index is 621. The number of hydrogen-bond donors (Lipinski definition) is 1. The zero-order chi connectivity index (χ0) is 15.9. The fourth-order valence-electron chi connectivity index (χ4n) is 2.54. The Morgan fingerprint density at radius 2 is 1.86 bits per heavy atom. The van der Waals surface area contributed by atoms with E-state index in [0.29, 0.717) is 16.6 Å². The van der Waals surface area contributed by atoms with Gasteiger partial charge >= 0.3 is 0 Å². The van der Waals surface area contributed by atoms with Crippen LogP contribution in [0.3, 0.4) is 0 Å². The molecule has 0 bridgehead atoms. The second-order valence-electron chi connectivity index (χ2n) is 5.38. The lowest BCUT2D eigenvalue weighted by molar-refractivity contribution is -0.684. The zero-order valence-electron chi connectivity index (χ0n) is 13.1. The van der Waals surface area contributed by atoms with Crippen LogP contribution in [0.2, 0.25) is 5.02 Å². The summed E-state index contributed by atoms with van der Waals surface area (Å²) < 4.78 is 1.88. The van der Waals surface area contributed by atoms with E-state index in [-0.39, 0.29) is 12.5 Å². The van der Waals surface area contributed by atoms with Gasteiger partial charge in [-0.15, -0.1) is 0 Å². The maximum Gasteiger partial charge on any atom is 0.290 e. The molecule has 4 heteroatoms. The van der Waals surface area contributed by atoms with Crippen molar-refractivity contribution >= 4 is 23.2 Å². The van der Waals surface area contributed by atoms with Gasteiger partial charge in [0.15, 0.2) is 12.4 Å². The molecule has 0 unspecified atom stereocenters. The van der Waals surface area contributed by atoms with Crippen molar-refractivity contribution in [1.82, 2.24) is 0 Å². The van der Waals surface area contributed by atoms with Gasteiger partial charge in [0.1, 0.15) is 0 Å². The lowest BCUT2D eigenvalue weighted by atomic mass is 9.95. The van der Waals surface area contributed by atoms with E-state index in [1.165, 1.54) is 5.56 Å². The number of carbonyl (C=O) groups is 1. The van der Waals surface area contributed by atoms with Crippen molar-refractivity contribution in [2.45, 2.75) is 39.2 Å². The fraction of sp³-hybridized carbons (Fsp3) is 0.333.